The van der Waals surface area contributed by atoms with E-state index in [1.165, 1.54) is 96.3 Å². The molecule has 1 atom stereocenters. The van der Waals surface area contributed by atoms with E-state index >= 15 is 0 Å². The minimum absolute atomic E-state index is 0.242. The highest BCUT2D eigenvalue weighted by atomic mass is 16.5. The van der Waals surface area contributed by atoms with Crippen LogP contribution in [-0.4, -0.2) is 12.6 Å². The number of rotatable bonds is 19. The molecule has 0 aromatic rings. The molecule has 0 amide bonds. The maximum absolute atomic E-state index is 11.5. The molecule has 154 valence electrons. The van der Waals surface area contributed by atoms with Crippen molar-refractivity contribution < 1.29 is 9.53 Å². The van der Waals surface area contributed by atoms with Crippen LogP contribution >= 0.6 is 0 Å². The molecule has 0 aliphatic rings. The van der Waals surface area contributed by atoms with Crippen molar-refractivity contribution in [3.63, 3.8) is 0 Å². The summed E-state index contributed by atoms with van der Waals surface area (Å²) in [5, 5.41) is 0. The van der Waals surface area contributed by atoms with Crippen LogP contribution in [0.3, 0.4) is 0 Å². The Morgan fingerprint density at radius 2 is 1.19 bits per heavy atom. The van der Waals surface area contributed by atoms with Crippen LogP contribution in [0.2, 0.25) is 0 Å². The summed E-state index contributed by atoms with van der Waals surface area (Å²) in [6, 6.07) is 0. The predicted octanol–water partition coefficient (Wildman–Crippen LogP) is 8.00. The molecule has 0 bridgehead atoms. The highest BCUT2D eigenvalue weighted by Gasteiger charge is 2.10. The largest absolute Gasteiger partial charge is 0.462 e. The van der Waals surface area contributed by atoms with E-state index in [1.54, 1.807) is 6.92 Å². The Balaban J connectivity index is 3.64. The zero-order valence-electron chi connectivity index (χ0n) is 18.1. The van der Waals surface area contributed by atoms with Gasteiger partial charge in [-0.3, -0.25) is 0 Å². The zero-order chi connectivity index (χ0) is 19.5. The van der Waals surface area contributed by atoms with Crippen LogP contribution in [0.25, 0.3) is 0 Å². The molecule has 0 N–H and O–H groups in total. The molecule has 2 nitrogen and oxygen atoms in total. The molecule has 0 heterocycles. The summed E-state index contributed by atoms with van der Waals surface area (Å²) in [5.41, 5.74) is 0.500. The Hall–Kier alpha value is -0.790. The SMILES string of the molecule is C=C(C)C(=O)OCCC(CCCC)CCCCCCCCCCCCC. The zero-order valence-corrected chi connectivity index (χ0v) is 18.1. The molecule has 0 radical (unpaired) electrons. The lowest BCUT2D eigenvalue weighted by Gasteiger charge is -2.16. The van der Waals surface area contributed by atoms with Crippen LogP contribution in [-0.2, 0) is 9.53 Å². The van der Waals surface area contributed by atoms with Gasteiger partial charge in [-0.25, -0.2) is 4.79 Å². The number of carbonyl (C=O) groups is 1. The maximum Gasteiger partial charge on any atom is 0.333 e. The molecule has 0 aromatic carbocycles. The molecule has 26 heavy (non-hydrogen) atoms. The number of hydrogen-bond acceptors (Lipinski definition) is 2. The maximum atomic E-state index is 11.5. The van der Waals surface area contributed by atoms with Crippen molar-refractivity contribution in [1.29, 1.82) is 0 Å². The van der Waals surface area contributed by atoms with E-state index in [4.69, 9.17) is 4.74 Å². The smallest absolute Gasteiger partial charge is 0.333 e. The lowest BCUT2D eigenvalue weighted by molar-refractivity contribution is -0.139. The first-order valence-corrected chi connectivity index (χ1v) is 11.4. The Bertz CT molecular complexity index is 335. The molecular formula is C24H46O2. The van der Waals surface area contributed by atoms with E-state index in [1.807, 2.05) is 0 Å². The molecule has 0 spiro atoms. The fourth-order valence-electron chi connectivity index (χ4n) is 3.46. The van der Waals surface area contributed by atoms with Crippen LogP contribution in [0.4, 0.5) is 0 Å². The summed E-state index contributed by atoms with van der Waals surface area (Å²) in [6.07, 6.45) is 21.5. The van der Waals surface area contributed by atoms with Crippen LogP contribution < -0.4 is 0 Å². The van der Waals surface area contributed by atoms with Crippen molar-refractivity contribution >= 4 is 5.97 Å². The molecule has 0 rings (SSSR count). The quantitative estimate of drug-likeness (QED) is 0.131. The highest BCUT2D eigenvalue weighted by molar-refractivity contribution is 5.86. The lowest BCUT2D eigenvalue weighted by atomic mass is 9.92. The van der Waals surface area contributed by atoms with Crippen LogP contribution in [0, 0.1) is 5.92 Å². The lowest BCUT2D eigenvalue weighted by Crippen LogP contribution is -2.11. The molecule has 0 aliphatic heterocycles. The molecule has 0 saturated heterocycles. The van der Waals surface area contributed by atoms with Crippen LogP contribution in [0.1, 0.15) is 124 Å². The van der Waals surface area contributed by atoms with Crippen molar-refractivity contribution in [3.05, 3.63) is 12.2 Å². The number of hydrogen-bond donors (Lipinski definition) is 0. The molecule has 1 unspecified atom stereocenters. The van der Waals surface area contributed by atoms with Gasteiger partial charge in [0, 0.05) is 5.57 Å². The Morgan fingerprint density at radius 3 is 1.69 bits per heavy atom. The molecular weight excluding hydrogens is 320 g/mol. The second kappa shape index (κ2) is 19.0. The third-order valence-corrected chi connectivity index (χ3v) is 5.29. The fourth-order valence-corrected chi connectivity index (χ4v) is 3.46. The first-order chi connectivity index (χ1) is 12.6. The van der Waals surface area contributed by atoms with Gasteiger partial charge in [0.1, 0.15) is 0 Å². The van der Waals surface area contributed by atoms with Gasteiger partial charge in [-0.15, -0.1) is 0 Å². The number of unbranched alkanes of at least 4 members (excludes halogenated alkanes) is 11. The van der Waals surface area contributed by atoms with E-state index in [0.29, 0.717) is 18.1 Å². The van der Waals surface area contributed by atoms with Crippen LogP contribution in [0.5, 0.6) is 0 Å². The topological polar surface area (TPSA) is 26.3 Å². The number of esters is 1. The third-order valence-electron chi connectivity index (χ3n) is 5.29. The van der Waals surface area contributed by atoms with Gasteiger partial charge in [-0.05, 0) is 19.3 Å². The second-order valence-corrected chi connectivity index (χ2v) is 8.04. The van der Waals surface area contributed by atoms with Gasteiger partial charge < -0.3 is 4.74 Å². The summed E-state index contributed by atoms with van der Waals surface area (Å²) in [7, 11) is 0. The van der Waals surface area contributed by atoms with Gasteiger partial charge in [0.2, 0.25) is 0 Å². The van der Waals surface area contributed by atoms with Gasteiger partial charge in [-0.1, -0.05) is 117 Å². The van der Waals surface area contributed by atoms with Gasteiger partial charge in [0.05, 0.1) is 6.61 Å². The number of carbonyl (C=O) groups excluding carboxylic acids is 1. The van der Waals surface area contributed by atoms with E-state index in [9.17, 15) is 4.79 Å². The van der Waals surface area contributed by atoms with Crippen molar-refractivity contribution in [2.45, 2.75) is 124 Å². The van der Waals surface area contributed by atoms with Gasteiger partial charge >= 0.3 is 5.97 Å². The minimum atomic E-state index is -0.242. The van der Waals surface area contributed by atoms with E-state index < -0.39 is 0 Å². The van der Waals surface area contributed by atoms with E-state index in [-0.39, 0.29) is 5.97 Å². The third kappa shape index (κ3) is 16.7. The van der Waals surface area contributed by atoms with Crippen LogP contribution in [0.15, 0.2) is 12.2 Å². The average molecular weight is 367 g/mol. The standard InChI is InChI=1S/C24H46O2/c1-5-7-9-10-11-12-13-14-15-16-17-19-23(18-8-6-2)20-21-26-24(25)22(3)4/h23H,3,5-21H2,1-2,4H3. The molecule has 0 aromatic heterocycles. The Kier molecular flexibility index (Phi) is 18.4. The second-order valence-electron chi connectivity index (χ2n) is 8.04. The van der Waals surface area contributed by atoms with Crippen molar-refractivity contribution in [3.8, 4) is 0 Å². The monoisotopic (exact) mass is 366 g/mol. The van der Waals surface area contributed by atoms with Gasteiger partial charge in [0.15, 0.2) is 0 Å². The van der Waals surface area contributed by atoms with E-state index in [2.05, 4.69) is 20.4 Å². The van der Waals surface area contributed by atoms with Crippen molar-refractivity contribution in [2.75, 3.05) is 6.61 Å². The van der Waals surface area contributed by atoms with Crippen molar-refractivity contribution in [1.82, 2.24) is 0 Å². The average Bonchev–Trinajstić information content (AvgIpc) is 2.63. The first kappa shape index (κ1) is 25.2. The molecule has 2 heteroatoms. The number of ether oxygens (including phenoxy) is 1. The predicted molar refractivity (Wildman–Crippen MR) is 114 cm³/mol. The van der Waals surface area contributed by atoms with Gasteiger partial charge in [-0.2, -0.15) is 0 Å². The van der Waals surface area contributed by atoms with Gasteiger partial charge in [0.25, 0.3) is 0 Å². The van der Waals surface area contributed by atoms with E-state index in [0.717, 1.165) is 6.42 Å². The summed E-state index contributed by atoms with van der Waals surface area (Å²) >= 11 is 0. The Morgan fingerprint density at radius 1 is 0.731 bits per heavy atom. The minimum Gasteiger partial charge on any atom is -0.462 e. The Labute approximate surface area is 164 Å². The molecule has 0 saturated carbocycles. The normalized spacial score (nSPS) is 12.1. The highest BCUT2D eigenvalue weighted by Crippen LogP contribution is 2.21. The summed E-state index contributed by atoms with van der Waals surface area (Å²) in [4.78, 5) is 11.5. The molecule has 0 aliphatic carbocycles. The van der Waals surface area contributed by atoms with Crippen molar-refractivity contribution in [2.24, 2.45) is 5.92 Å². The summed E-state index contributed by atoms with van der Waals surface area (Å²) in [5.74, 6) is 0.473. The summed E-state index contributed by atoms with van der Waals surface area (Å²) < 4.78 is 5.28. The summed E-state index contributed by atoms with van der Waals surface area (Å²) in [6.45, 7) is 10.4. The molecule has 0 fully saturated rings. The fraction of sp³-hybridized carbons (Fsp3) is 0.875. The first-order valence-electron chi connectivity index (χ1n) is 11.4.